The molecule has 9 heteroatoms. The third kappa shape index (κ3) is 5.10. The van der Waals surface area contributed by atoms with Gasteiger partial charge in [0.05, 0.1) is 25.4 Å². The van der Waals surface area contributed by atoms with Crippen molar-refractivity contribution in [3.05, 3.63) is 54.7 Å². The molecule has 1 amide bonds. The van der Waals surface area contributed by atoms with Crippen molar-refractivity contribution < 1.29 is 14.5 Å². The van der Waals surface area contributed by atoms with Gasteiger partial charge in [-0.05, 0) is 41.4 Å². The largest absolute Gasteiger partial charge is 0.480 e. The monoisotopic (exact) mass is 425 g/mol. The van der Waals surface area contributed by atoms with E-state index >= 15 is 0 Å². The van der Waals surface area contributed by atoms with Crippen LogP contribution in [0.15, 0.2) is 39.9 Å². The number of thiophene rings is 1. The minimum absolute atomic E-state index is 0.0749. The Kier molecular flexibility index (Phi) is 6.65. The second-order valence-corrected chi connectivity index (χ2v) is 7.02. The summed E-state index contributed by atoms with van der Waals surface area (Å²) in [7, 11) is 0. The summed E-state index contributed by atoms with van der Waals surface area (Å²) >= 11 is 4.62. The number of carbonyl (C=O) groups excluding carboxylic acids is 1. The average molecular weight is 426 g/mol. The van der Waals surface area contributed by atoms with Crippen molar-refractivity contribution in [1.82, 2.24) is 5.43 Å². The number of hydrazone groups is 1. The molecule has 0 aliphatic heterocycles. The molecule has 1 aromatic heterocycles. The highest BCUT2D eigenvalue weighted by Gasteiger charge is 2.17. The number of para-hydroxylation sites is 1. The van der Waals surface area contributed by atoms with E-state index in [9.17, 15) is 14.9 Å². The Labute approximate surface area is 157 Å². The summed E-state index contributed by atoms with van der Waals surface area (Å²) in [5.74, 6) is 0.129. The minimum atomic E-state index is -0.750. The summed E-state index contributed by atoms with van der Waals surface area (Å²) in [6.07, 6.45) is 1.21. The lowest BCUT2D eigenvalue weighted by atomic mass is 10.3. The molecule has 0 aliphatic carbocycles. The van der Waals surface area contributed by atoms with Crippen LogP contribution in [0.1, 0.15) is 23.6 Å². The molecule has 1 N–H and O–H groups in total. The van der Waals surface area contributed by atoms with Gasteiger partial charge >= 0.3 is 0 Å². The van der Waals surface area contributed by atoms with E-state index in [0.717, 1.165) is 4.47 Å². The maximum absolute atomic E-state index is 12.0. The Morgan fingerprint density at radius 1 is 1.52 bits per heavy atom. The van der Waals surface area contributed by atoms with Crippen molar-refractivity contribution in [2.45, 2.75) is 26.4 Å². The molecule has 132 valence electrons. The van der Waals surface area contributed by atoms with Crippen LogP contribution < -0.4 is 10.2 Å². The number of benzene rings is 1. The molecule has 0 saturated carbocycles. The first kappa shape index (κ1) is 19.1. The number of nitro groups is 1. The number of nitrogens with one attached hydrogen (secondary N) is 1. The molecule has 0 spiro atoms. The lowest BCUT2D eigenvalue weighted by Gasteiger charge is -2.13. The number of halogens is 1. The molecule has 1 atom stereocenters. The first-order chi connectivity index (χ1) is 11.9. The first-order valence-corrected chi connectivity index (χ1v) is 9.04. The van der Waals surface area contributed by atoms with Crippen molar-refractivity contribution in [1.29, 1.82) is 0 Å². The fourth-order valence-corrected chi connectivity index (χ4v) is 3.27. The van der Waals surface area contributed by atoms with Gasteiger partial charge in [0.25, 0.3) is 11.6 Å². The van der Waals surface area contributed by atoms with Gasteiger partial charge in [-0.2, -0.15) is 5.10 Å². The molecule has 1 heterocycles. The molecular weight excluding hydrogens is 410 g/mol. The Morgan fingerprint density at radius 2 is 2.24 bits per heavy atom. The molecule has 0 unspecified atom stereocenters. The van der Waals surface area contributed by atoms with Gasteiger partial charge in [0.15, 0.2) is 6.10 Å². The summed E-state index contributed by atoms with van der Waals surface area (Å²) in [4.78, 5) is 23.8. The molecule has 0 fully saturated rings. The lowest BCUT2D eigenvalue weighted by molar-refractivity contribution is -0.385. The van der Waals surface area contributed by atoms with E-state index in [-0.39, 0.29) is 5.69 Å². The highest BCUT2D eigenvalue weighted by molar-refractivity contribution is 9.10. The van der Waals surface area contributed by atoms with Crippen LogP contribution in [0.4, 0.5) is 5.69 Å². The lowest BCUT2D eigenvalue weighted by Crippen LogP contribution is -2.33. The molecule has 2 aromatic rings. The second kappa shape index (κ2) is 8.72. The summed E-state index contributed by atoms with van der Waals surface area (Å²) in [6.45, 7) is 3.46. The fraction of sp³-hybridized carbons (Fsp3) is 0.250. The van der Waals surface area contributed by atoms with Crippen LogP contribution >= 0.6 is 27.3 Å². The molecule has 25 heavy (non-hydrogen) atoms. The van der Waals surface area contributed by atoms with E-state index in [4.69, 9.17) is 4.74 Å². The topological polar surface area (TPSA) is 93.8 Å². The van der Waals surface area contributed by atoms with Gasteiger partial charge in [0.2, 0.25) is 0 Å². The Balaban J connectivity index is 1.96. The number of nitrogens with zero attached hydrogens (tertiary/aromatic N) is 2. The number of aryl methyl sites for hydroxylation is 1. The Bertz CT molecular complexity index is 806. The van der Waals surface area contributed by atoms with Crippen molar-refractivity contribution in [3.63, 3.8) is 0 Å². The predicted octanol–water partition coefficient (Wildman–Crippen LogP) is 3.90. The van der Waals surface area contributed by atoms with Gasteiger partial charge in [-0.1, -0.05) is 19.1 Å². The second-order valence-electron chi connectivity index (χ2n) is 4.99. The molecule has 0 saturated heterocycles. The van der Waals surface area contributed by atoms with Crippen LogP contribution in [0.3, 0.4) is 0 Å². The van der Waals surface area contributed by atoms with Crippen LogP contribution in [0.5, 0.6) is 5.75 Å². The normalized spacial score (nSPS) is 12.1. The SMILES string of the molecule is CCc1sc(/C=N\NC(=O)[C@H](C)Oc2ccccc2Br)cc1[N+](=O)[O-]. The molecule has 2 rings (SSSR count). The number of ether oxygens (including phenoxy) is 1. The zero-order valence-electron chi connectivity index (χ0n) is 13.6. The van der Waals surface area contributed by atoms with Gasteiger partial charge in [0.1, 0.15) is 5.75 Å². The number of rotatable bonds is 7. The summed E-state index contributed by atoms with van der Waals surface area (Å²) in [5.41, 5.74) is 2.45. The summed E-state index contributed by atoms with van der Waals surface area (Å²) in [6, 6.07) is 8.65. The van der Waals surface area contributed by atoms with E-state index < -0.39 is 16.9 Å². The third-order valence-electron chi connectivity index (χ3n) is 3.20. The van der Waals surface area contributed by atoms with Gasteiger partial charge in [-0.3, -0.25) is 14.9 Å². The number of hydrogen-bond donors (Lipinski definition) is 1. The zero-order valence-corrected chi connectivity index (χ0v) is 16.0. The Hall–Kier alpha value is -2.26. The molecule has 0 bridgehead atoms. The maximum Gasteiger partial charge on any atom is 0.283 e. The van der Waals surface area contributed by atoms with Crippen molar-refractivity contribution in [2.24, 2.45) is 5.10 Å². The molecule has 7 nitrogen and oxygen atoms in total. The van der Waals surface area contributed by atoms with Crippen LogP contribution in [0.2, 0.25) is 0 Å². The summed E-state index contributed by atoms with van der Waals surface area (Å²) < 4.78 is 6.31. The number of carbonyl (C=O) groups is 1. The van der Waals surface area contributed by atoms with Crippen LogP contribution in [0, 0.1) is 10.1 Å². The quantitative estimate of drug-likeness (QED) is 0.413. The van der Waals surface area contributed by atoms with Crippen molar-refractivity contribution in [3.8, 4) is 5.75 Å². The number of hydrogen-bond acceptors (Lipinski definition) is 6. The minimum Gasteiger partial charge on any atom is -0.480 e. The molecule has 1 aromatic carbocycles. The van der Waals surface area contributed by atoms with Gasteiger partial charge < -0.3 is 4.74 Å². The Morgan fingerprint density at radius 3 is 2.84 bits per heavy atom. The third-order valence-corrected chi connectivity index (χ3v) is 5.06. The zero-order chi connectivity index (χ0) is 18.4. The highest BCUT2D eigenvalue weighted by Crippen LogP contribution is 2.28. The van der Waals surface area contributed by atoms with E-state index in [2.05, 4.69) is 26.5 Å². The van der Waals surface area contributed by atoms with Crippen LogP contribution in [-0.2, 0) is 11.2 Å². The smallest absolute Gasteiger partial charge is 0.283 e. The summed E-state index contributed by atoms with van der Waals surface area (Å²) in [5, 5.41) is 14.8. The average Bonchev–Trinajstić information content (AvgIpc) is 3.00. The van der Waals surface area contributed by atoms with Crippen molar-refractivity contribution in [2.75, 3.05) is 0 Å². The predicted molar refractivity (Wildman–Crippen MR) is 100 cm³/mol. The van der Waals surface area contributed by atoms with E-state index in [1.54, 1.807) is 19.1 Å². The van der Waals surface area contributed by atoms with Crippen molar-refractivity contribution >= 4 is 45.1 Å². The van der Waals surface area contributed by atoms with Gasteiger partial charge in [0, 0.05) is 6.07 Å². The first-order valence-electron chi connectivity index (χ1n) is 7.43. The maximum atomic E-state index is 12.0. The molecule has 0 radical (unpaired) electrons. The molecular formula is C16H16BrN3O4S. The number of amides is 1. The van der Waals surface area contributed by atoms with Crippen LogP contribution in [0.25, 0.3) is 0 Å². The van der Waals surface area contributed by atoms with E-state index in [0.29, 0.717) is 21.9 Å². The molecule has 0 aliphatic rings. The van der Waals surface area contributed by atoms with E-state index in [1.807, 2.05) is 19.1 Å². The van der Waals surface area contributed by atoms with Crippen LogP contribution in [-0.4, -0.2) is 23.1 Å². The standard InChI is InChI=1S/C16H16BrN3O4S/c1-3-15-13(20(22)23)8-11(25-15)9-18-19-16(21)10(2)24-14-7-5-4-6-12(14)17/h4-10H,3H2,1-2H3,(H,19,21)/b18-9-/t10-/m0/s1. The van der Waals surface area contributed by atoms with Gasteiger partial charge in [-0.25, -0.2) is 5.43 Å². The van der Waals surface area contributed by atoms with E-state index in [1.165, 1.54) is 23.6 Å². The van der Waals surface area contributed by atoms with Gasteiger partial charge in [-0.15, -0.1) is 11.3 Å². The highest BCUT2D eigenvalue weighted by atomic mass is 79.9. The fourth-order valence-electron chi connectivity index (χ4n) is 1.95.